The van der Waals surface area contributed by atoms with Crippen LogP contribution in [0.3, 0.4) is 0 Å². The highest BCUT2D eigenvalue weighted by molar-refractivity contribution is 5.98. The summed E-state index contributed by atoms with van der Waals surface area (Å²) in [6.45, 7) is 3.94. The number of hydrogen-bond donors (Lipinski definition) is 3. The lowest BCUT2D eigenvalue weighted by Crippen LogP contribution is -2.28. The summed E-state index contributed by atoms with van der Waals surface area (Å²) in [5, 5.41) is 8.34. The Kier molecular flexibility index (Phi) is 6.79. The zero-order valence-corrected chi connectivity index (χ0v) is 16.0. The number of hydrogen-bond acceptors (Lipinski definition) is 2. The van der Waals surface area contributed by atoms with E-state index in [4.69, 9.17) is 0 Å². The fourth-order valence-electron chi connectivity index (χ4n) is 2.98. The van der Waals surface area contributed by atoms with Gasteiger partial charge < -0.3 is 16.0 Å². The molecule has 0 aliphatic heterocycles. The smallest absolute Gasteiger partial charge is 0.319 e. The maximum absolute atomic E-state index is 13.1. The number of nitrogens with one attached hydrogen (secondary N) is 3. The van der Waals surface area contributed by atoms with Gasteiger partial charge in [-0.1, -0.05) is 66.7 Å². The predicted octanol–water partition coefficient (Wildman–Crippen LogP) is 4.76. The Morgan fingerprint density at radius 2 is 1.24 bits per heavy atom. The highest BCUT2D eigenvalue weighted by Crippen LogP contribution is 2.26. The molecule has 3 amide bonds. The van der Waals surface area contributed by atoms with Crippen LogP contribution >= 0.6 is 0 Å². The second-order valence-electron chi connectivity index (χ2n) is 6.44. The van der Waals surface area contributed by atoms with E-state index in [1.54, 1.807) is 30.3 Å². The molecule has 0 aliphatic carbocycles. The summed E-state index contributed by atoms with van der Waals surface area (Å²) in [6.07, 6.45) is 1.61. The maximum atomic E-state index is 13.1. The normalized spacial score (nSPS) is 10.2. The highest BCUT2D eigenvalue weighted by atomic mass is 16.2. The Balaban J connectivity index is 1.73. The van der Waals surface area contributed by atoms with Crippen molar-refractivity contribution in [2.45, 2.75) is 5.92 Å². The van der Waals surface area contributed by atoms with Gasteiger partial charge in [-0.25, -0.2) is 4.79 Å². The first kappa shape index (κ1) is 19.9. The highest BCUT2D eigenvalue weighted by Gasteiger charge is 2.22. The van der Waals surface area contributed by atoms with Gasteiger partial charge >= 0.3 is 6.03 Å². The molecular weight excluding hydrogens is 362 g/mol. The van der Waals surface area contributed by atoms with Gasteiger partial charge in [0.05, 0.1) is 5.92 Å². The van der Waals surface area contributed by atoms with Crippen LogP contribution in [0.5, 0.6) is 0 Å². The molecule has 3 rings (SSSR count). The van der Waals surface area contributed by atoms with E-state index in [0.29, 0.717) is 17.9 Å². The average molecular weight is 385 g/mol. The monoisotopic (exact) mass is 385 g/mol. The Bertz CT molecular complexity index is 915. The van der Waals surface area contributed by atoms with Crippen molar-refractivity contribution in [1.29, 1.82) is 0 Å². The molecule has 5 heteroatoms. The van der Waals surface area contributed by atoms with E-state index in [1.165, 1.54) is 0 Å². The minimum atomic E-state index is -0.417. The minimum absolute atomic E-state index is 0.119. The number of rotatable bonds is 7. The fraction of sp³-hybridized carbons (Fsp3) is 0.0833. The Labute approximate surface area is 170 Å². The summed E-state index contributed by atoms with van der Waals surface area (Å²) in [5.41, 5.74) is 3.14. The first-order valence-electron chi connectivity index (χ1n) is 9.34. The van der Waals surface area contributed by atoms with E-state index in [9.17, 15) is 9.59 Å². The van der Waals surface area contributed by atoms with Crippen LogP contribution in [-0.2, 0) is 4.79 Å². The molecule has 0 aliphatic rings. The fourth-order valence-corrected chi connectivity index (χ4v) is 2.98. The third-order valence-corrected chi connectivity index (χ3v) is 4.35. The molecule has 0 fully saturated rings. The quantitative estimate of drug-likeness (QED) is 0.513. The zero-order valence-electron chi connectivity index (χ0n) is 16.0. The molecule has 146 valence electrons. The van der Waals surface area contributed by atoms with Gasteiger partial charge in [0.15, 0.2) is 0 Å². The van der Waals surface area contributed by atoms with Crippen molar-refractivity contribution in [1.82, 2.24) is 5.32 Å². The van der Waals surface area contributed by atoms with Crippen LogP contribution in [0.2, 0.25) is 0 Å². The molecule has 0 heterocycles. The van der Waals surface area contributed by atoms with Crippen LogP contribution in [0, 0.1) is 0 Å². The van der Waals surface area contributed by atoms with E-state index < -0.39 is 5.92 Å². The van der Waals surface area contributed by atoms with Crippen LogP contribution in [0.15, 0.2) is 97.6 Å². The summed E-state index contributed by atoms with van der Waals surface area (Å²) < 4.78 is 0. The molecule has 0 spiro atoms. The standard InChI is InChI=1S/C24H23N3O2/c1-2-17-25-24(29)27-21-15-13-20(14-16-21)26-23(28)22(18-9-5-3-6-10-18)19-11-7-4-8-12-19/h2-16,22H,1,17H2,(H,26,28)(H2,25,27,29). The summed E-state index contributed by atoms with van der Waals surface area (Å²) in [5.74, 6) is -0.535. The summed E-state index contributed by atoms with van der Waals surface area (Å²) in [4.78, 5) is 24.8. The lowest BCUT2D eigenvalue weighted by atomic mass is 9.90. The molecule has 3 aromatic rings. The van der Waals surface area contributed by atoms with Crippen LogP contribution in [0.4, 0.5) is 16.2 Å². The largest absolute Gasteiger partial charge is 0.334 e. The molecule has 3 aromatic carbocycles. The summed E-state index contributed by atoms with van der Waals surface area (Å²) in [6, 6.07) is 26.1. The van der Waals surface area contributed by atoms with E-state index in [-0.39, 0.29) is 11.9 Å². The van der Waals surface area contributed by atoms with Crippen LogP contribution in [0.1, 0.15) is 17.0 Å². The number of urea groups is 1. The van der Waals surface area contributed by atoms with E-state index in [0.717, 1.165) is 11.1 Å². The molecule has 3 N–H and O–H groups in total. The van der Waals surface area contributed by atoms with Crippen LogP contribution < -0.4 is 16.0 Å². The molecule has 0 atom stereocenters. The minimum Gasteiger partial charge on any atom is -0.334 e. The van der Waals surface area contributed by atoms with Gasteiger partial charge in [-0.15, -0.1) is 6.58 Å². The molecule has 0 bridgehead atoms. The predicted molar refractivity (Wildman–Crippen MR) is 117 cm³/mol. The van der Waals surface area contributed by atoms with Gasteiger partial charge in [-0.3, -0.25) is 4.79 Å². The van der Waals surface area contributed by atoms with Crippen LogP contribution in [-0.4, -0.2) is 18.5 Å². The zero-order chi connectivity index (χ0) is 20.5. The van der Waals surface area contributed by atoms with Gasteiger partial charge in [0.2, 0.25) is 5.91 Å². The third kappa shape index (κ3) is 5.56. The molecule has 0 radical (unpaired) electrons. The van der Waals surface area contributed by atoms with Gasteiger partial charge in [0.25, 0.3) is 0 Å². The van der Waals surface area contributed by atoms with Crippen molar-refractivity contribution < 1.29 is 9.59 Å². The summed E-state index contributed by atoms with van der Waals surface area (Å²) in [7, 11) is 0. The van der Waals surface area contributed by atoms with Gasteiger partial charge in [0, 0.05) is 17.9 Å². The Hall–Kier alpha value is -3.86. The second kappa shape index (κ2) is 9.90. The topological polar surface area (TPSA) is 70.2 Å². The van der Waals surface area contributed by atoms with Crippen LogP contribution in [0.25, 0.3) is 0 Å². The number of benzene rings is 3. The Morgan fingerprint density at radius 1 is 0.759 bits per heavy atom. The molecule has 0 aromatic heterocycles. The third-order valence-electron chi connectivity index (χ3n) is 4.35. The average Bonchev–Trinajstić information content (AvgIpc) is 2.75. The van der Waals surface area contributed by atoms with Crippen molar-refractivity contribution in [2.24, 2.45) is 0 Å². The van der Waals surface area contributed by atoms with E-state index >= 15 is 0 Å². The Morgan fingerprint density at radius 3 is 1.72 bits per heavy atom. The first-order valence-corrected chi connectivity index (χ1v) is 9.34. The van der Waals surface area contributed by atoms with E-state index in [2.05, 4.69) is 22.5 Å². The van der Waals surface area contributed by atoms with Crippen molar-refractivity contribution in [3.63, 3.8) is 0 Å². The van der Waals surface area contributed by atoms with Gasteiger partial charge in [-0.05, 0) is 35.4 Å². The number of amides is 3. The van der Waals surface area contributed by atoms with Crippen molar-refractivity contribution in [2.75, 3.05) is 17.2 Å². The summed E-state index contributed by atoms with van der Waals surface area (Å²) >= 11 is 0. The second-order valence-corrected chi connectivity index (χ2v) is 6.44. The SMILES string of the molecule is C=CCNC(=O)Nc1ccc(NC(=O)C(c2ccccc2)c2ccccc2)cc1. The number of anilines is 2. The molecule has 0 saturated carbocycles. The van der Waals surface area contributed by atoms with Crippen molar-refractivity contribution in [3.05, 3.63) is 109 Å². The molecule has 5 nitrogen and oxygen atoms in total. The molecule has 0 saturated heterocycles. The van der Waals surface area contributed by atoms with Gasteiger partial charge in [0.1, 0.15) is 0 Å². The van der Waals surface area contributed by atoms with Crippen molar-refractivity contribution in [3.8, 4) is 0 Å². The maximum Gasteiger partial charge on any atom is 0.319 e. The first-order chi connectivity index (χ1) is 14.2. The molecular formula is C24H23N3O2. The van der Waals surface area contributed by atoms with Crippen molar-refractivity contribution >= 4 is 23.3 Å². The lowest BCUT2D eigenvalue weighted by molar-refractivity contribution is -0.116. The van der Waals surface area contributed by atoms with E-state index in [1.807, 2.05) is 60.7 Å². The molecule has 0 unspecified atom stereocenters. The lowest BCUT2D eigenvalue weighted by Gasteiger charge is -2.18. The van der Waals surface area contributed by atoms with Gasteiger partial charge in [-0.2, -0.15) is 0 Å². The molecule has 29 heavy (non-hydrogen) atoms. The number of carbonyl (C=O) groups excluding carboxylic acids is 2. The number of carbonyl (C=O) groups is 2.